The maximum absolute atomic E-state index is 12.4. The predicted molar refractivity (Wildman–Crippen MR) is 113 cm³/mol. The van der Waals surface area contributed by atoms with Crippen LogP contribution in [0.3, 0.4) is 0 Å². The molecule has 0 saturated carbocycles. The third-order valence-corrected chi connectivity index (χ3v) is 4.34. The molecular weight excluding hydrogens is 427 g/mol. The number of anilines is 3. The molecule has 0 aliphatic carbocycles. The second-order valence-corrected chi connectivity index (χ2v) is 6.62. The number of carbonyl (C=O) groups is 1. The first-order chi connectivity index (χ1) is 15.1. The van der Waals surface area contributed by atoms with Crippen molar-refractivity contribution in [2.75, 3.05) is 24.7 Å². The van der Waals surface area contributed by atoms with E-state index in [1.54, 1.807) is 19.2 Å². The summed E-state index contributed by atoms with van der Waals surface area (Å²) < 4.78 is 43.8. The van der Waals surface area contributed by atoms with Crippen molar-refractivity contribution in [2.24, 2.45) is 7.05 Å². The van der Waals surface area contributed by atoms with Gasteiger partial charge in [0.05, 0.1) is 24.6 Å². The summed E-state index contributed by atoms with van der Waals surface area (Å²) in [6.45, 7) is 2.24. The summed E-state index contributed by atoms with van der Waals surface area (Å²) in [5.41, 5.74) is 7.49. The number of nitrogen functional groups attached to an aromatic ring is 1. The summed E-state index contributed by atoms with van der Waals surface area (Å²) in [5.74, 6) is 0.226. The van der Waals surface area contributed by atoms with Crippen molar-refractivity contribution in [2.45, 2.75) is 6.18 Å². The number of methoxy groups -OCH3 is 1. The highest BCUT2D eigenvalue weighted by molar-refractivity contribution is 5.97. The van der Waals surface area contributed by atoms with Gasteiger partial charge in [-0.3, -0.25) is 4.79 Å². The summed E-state index contributed by atoms with van der Waals surface area (Å²) >= 11 is 0. The van der Waals surface area contributed by atoms with Gasteiger partial charge in [-0.25, -0.2) is 9.67 Å². The summed E-state index contributed by atoms with van der Waals surface area (Å²) in [6, 6.07) is 6.09. The Morgan fingerprint density at radius 2 is 2.09 bits per heavy atom. The molecule has 2 aromatic heterocycles. The number of nitrogens with one attached hydrogen (secondary N) is 2. The van der Waals surface area contributed by atoms with Gasteiger partial charge in [0.15, 0.2) is 5.82 Å². The van der Waals surface area contributed by atoms with Gasteiger partial charge in [-0.2, -0.15) is 18.2 Å². The quantitative estimate of drug-likeness (QED) is 0.509. The van der Waals surface area contributed by atoms with Crippen LogP contribution in [0.25, 0.3) is 17.5 Å². The fourth-order valence-corrected chi connectivity index (χ4v) is 2.76. The molecule has 0 saturated heterocycles. The zero-order valence-electron chi connectivity index (χ0n) is 17.2. The van der Waals surface area contributed by atoms with Crippen molar-refractivity contribution >= 4 is 29.4 Å². The fourth-order valence-electron chi connectivity index (χ4n) is 2.76. The van der Waals surface area contributed by atoms with Crippen LogP contribution in [0.15, 0.2) is 37.0 Å². The van der Waals surface area contributed by atoms with E-state index in [2.05, 4.69) is 27.0 Å². The minimum atomic E-state index is -4.52. The Morgan fingerprint density at radius 1 is 1.34 bits per heavy atom. The number of nitrogens with two attached hydrogens (primary N) is 1. The Morgan fingerprint density at radius 3 is 2.75 bits per heavy atom. The molecule has 0 radical (unpaired) electrons. The van der Waals surface area contributed by atoms with Crippen molar-refractivity contribution < 1.29 is 22.7 Å². The van der Waals surface area contributed by atoms with E-state index in [1.165, 1.54) is 36.2 Å². The van der Waals surface area contributed by atoms with Gasteiger partial charge in [0.1, 0.15) is 18.1 Å². The molecule has 12 heteroatoms. The van der Waals surface area contributed by atoms with E-state index in [0.717, 1.165) is 0 Å². The number of hydrogen-bond donors (Lipinski definition) is 3. The van der Waals surface area contributed by atoms with Gasteiger partial charge in [0.25, 0.3) is 5.91 Å². The highest BCUT2D eigenvalue weighted by Crippen LogP contribution is 2.27. The standard InChI is InChI=1S/C20H20F3N7O2/c1-4-11-7-13(9-25-16(11)24)27-19-28-17(29-30(19)2)12-5-6-14(15(8-12)32-3)18(31)26-10-20(21,22)23/h4-9H,1,10H2,2-3H3,(H2,24,25)(H,26,31)(H,27,28,29). The normalized spacial score (nSPS) is 11.2. The van der Waals surface area contributed by atoms with Crippen LogP contribution in [0.5, 0.6) is 5.75 Å². The maximum atomic E-state index is 12.4. The van der Waals surface area contributed by atoms with E-state index < -0.39 is 18.6 Å². The van der Waals surface area contributed by atoms with Crippen molar-refractivity contribution in [1.82, 2.24) is 25.1 Å². The number of carbonyl (C=O) groups excluding carboxylic acids is 1. The van der Waals surface area contributed by atoms with Gasteiger partial charge in [0, 0.05) is 18.2 Å². The van der Waals surface area contributed by atoms with Crippen LogP contribution in [-0.2, 0) is 7.05 Å². The zero-order chi connectivity index (χ0) is 23.5. The van der Waals surface area contributed by atoms with E-state index in [0.29, 0.717) is 34.4 Å². The fraction of sp³-hybridized carbons (Fsp3) is 0.200. The molecule has 9 nitrogen and oxygen atoms in total. The molecule has 0 aliphatic rings. The van der Waals surface area contributed by atoms with Gasteiger partial charge < -0.3 is 21.1 Å². The third-order valence-electron chi connectivity index (χ3n) is 4.34. The van der Waals surface area contributed by atoms with Crippen LogP contribution in [0.1, 0.15) is 15.9 Å². The van der Waals surface area contributed by atoms with E-state index in [-0.39, 0.29) is 11.3 Å². The lowest BCUT2D eigenvalue weighted by Gasteiger charge is -2.11. The van der Waals surface area contributed by atoms with Crippen molar-refractivity contribution in [3.05, 3.63) is 48.2 Å². The molecular formula is C20H20F3N7O2. The minimum Gasteiger partial charge on any atom is -0.496 e. The number of benzene rings is 1. The Hall–Kier alpha value is -4.09. The highest BCUT2D eigenvalue weighted by Gasteiger charge is 2.28. The summed E-state index contributed by atoms with van der Waals surface area (Å²) in [6.07, 6.45) is -1.40. The lowest BCUT2D eigenvalue weighted by atomic mass is 10.1. The van der Waals surface area contributed by atoms with E-state index in [1.807, 2.05) is 5.32 Å². The van der Waals surface area contributed by atoms with E-state index in [9.17, 15) is 18.0 Å². The monoisotopic (exact) mass is 447 g/mol. The SMILES string of the molecule is C=Cc1cc(Nc2nc(-c3ccc(C(=O)NCC(F)(F)F)c(OC)c3)nn2C)cnc1N. The lowest BCUT2D eigenvalue weighted by molar-refractivity contribution is -0.123. The van der Waals surface area contributed by atoms with Gasteiger partial charge >= 0.3 is 6.18 Å². The number of aromatic nitrogens is 4. The predicted octanol–water partition coefficient (Wildman–Crippen LogP) is 3.15. The molecule has 0 unspecified atom stereocenters. The molecule has 3 aromatic rings. The molecule has 2 heterocycles. The van der Waals surface area contributed by atoms with Gasteiger partial charge in [-0.05, 0) is 18.2 Å². The van der Waals surface area contributed by atoms with E-state index in [4.69, 9.17) is 10.5 Å². The van der Waals surface area contributed by atoms with Crippen LogP contribution in [0.2, 0.25) is 0 Å². The Bertz CT molecular complexity index is 1160. The minimum absolute atomic E-state index is 0.0420. The maximum Gasteiger partial charge on any atom is 0.405 e. The van der Waals surface area contributed by atoms with E-state index >= 15 is 0 Å². The molecule has 32 heavy (non-hydrogen) atoms. The Kier molecular flexibility index (Phi) is 6.32. The lowest BCUT2D eigenvalue weighted by Crippen LogP contribution is -2.33. The topological polar surface area (TPSA) is 120 Å². The van der Waals surface area contributed by atoms with Gasteiger partial charge in [-0.1, -0.05) is 18.7 Å². The third kappa shape index (κ3) is 5.14. The number of pyridine rings is 1. The number of aryl methyl sites for hydroxylation is 1. The van der Waals surface area contributed by atoms with Crippen molar-refractivity contribution in [1.29, 1.82) is 0 Å². The Balaban J connectivity index is 1.84. The Labute approximate surface area is 181 Å². The summed E-state index contributed by atoms with van der Waals surface area (Å²) in [5, 5.41) is 9.22. The molecule has 0 fully saturated rings. The molecule has 0 atom stereocenters. The van der Waals surface area contributed by atoms with Crippen molar-refractivity contribution in [3.8, 4) is 17.1 Å². The van der Waals surface area contributed by atoms with Crippen LogP contribution in [-0.4, -0.2) is 45.5 Å². The van der Waals surface area contributed by atoms with Crippen LogP contribution in [0, 0.1) is 0 Å². The van der Waals surface area contributed by atoms with Crippen LogP contribution in [0.4, 0.5) is 30.6 Å². The van der Waals surface area contributed by atoms with Crippen molar-refractivity contribution in [3.63, 3.8) is 0 Å². The second kappa shape index (κ2) is 8.96. The summed E-state index contributed by atoms with van der Waals surface area (Å²) in [7, 11) is 2.98. The molecule has 0 bridgehead atoms. The number of ether oxygens (including phenoxy) is 1. The first kappa shape index (κ1) is 22.6. The number of rotatable bonds is 7. The average molecular weight is 447 g/mol. The number of hydrogen-bond acceptors (Lipinski definition) is 7. The molecule has 1 aromatic carbocycles. The summed E-state index contributed by atoms with van der Waals surface area (Å²) in [4.78, 5) is 20.6. The molecule has 0 spiro atoms. The molecule has 0 aliphatic heterocycles. The molecule has 4 N–H and O–H groups in total. The molecule has 3 rings (SSSR count). The highest BCUT2D eigenvalue weighted by atomic mass is 19.4. The smallest absolute Gasteiger partial charge is 0.405 e. The van der Waals surface area contributed by atoms with Gasteiger partial charge in [0.2, 0.25) is 5.95 Å². The number of nitrogens with zero attached hydrogens (tertiary/aromatic N) is 4. The van der Waals surface area contributed by atoms with Crippen LogP contribution < -0.4 is 21.1 Å². The molecule has 1 amide bonds. The number of halogens is 3. The largest absolute Gasteiger partial charge is 0.496 e. The number of amides is 1. The molecule has 168 valence electrons. The van der Waals surface area contributed by atoms with Gasteiger partial charge in [-0.15, -0.1) is 5.10 Å². The number of alkyl halides is 3. The first-order valence-electron chi connectivity index (χ1n) is 9.20. The van der Waals surface area contributed by atoms with Crippen LogP contribution >= 0.6 is 0 Å². The first-order valence-corrected chi connectivity index (χ1v) is 9.20. The second-order valence-electron chi connectivity index (χ2n) is 6.62. The average Bonchev–Trinajstić information content (AvgIpc) is 3.12. The zero-order valence-corrected chi connectivity index (χ0v) is 17.2.